The fourth-order valence-corrected chi connectivity index (χ4v) is 1.50. The van der Waals surface area contributed by atoms with Crippen LogP contribution >= 0.6 is 24.0 Å². The number of fused-ring (bicyclic) bond motifs is 1. The number of ether oxygens (including phenoxy) is 1. The Morgan fingerprint density at radius 1 is 1.44 bits per heavy atom. The van der Waals surface area contributed by atoms with E-state index in [1.807, 2.05) is 0 Å². The minimum absolute atomic E-state index is 0. The van der Waals surface area contributed by atoms with Crippen molar-refractivity contribution in [3.05, 3.63) is 16.9 Å². The third-order valence-corrected chi connectivity index (χ3v) is 2.14. The quantitative estimate of drug-likeness (QED) is 0.739. The van der Waals surface area contributed by atoms with Crippen molar-refractivity contribution >= 4 is 29.7 Å². The highest BCUT2D eigenvalue weighted by molar-refractivity contribution is 6.31. The second-order valence-corrected chi connectivity index (χ2v) is 3.31. The van der Waals surface area contributed by atoms with Gasteiger partial charge in [-0.05, 0) is 6.07 Å². The van der Waals surface area contributed by atoms with Crippen LogP contribution in [-0.4, -0.2) is 18.1 Å². The van der Waals surface area contributed by atoms with Crippen LogP contribution in [0.25, 0.3) is 0 Å². The van der Waals surface area contributed by atoms with Crippen LogP contribution in [0.5, 0.6) is 5.75 Å². The zero-order valence-electron chi connectivity index (χ0n) is 7.77. The first-order chi connectivity index (χ1) is 6.98. The zero-order chi connectivity index (χ0) is 11.1. The first-order valence-electron chi connectivity index (χ1n) is 4.13. The van der Waals surface area contributed by atoms with E-state index in [4.69, 9.17) is 16.3 Å². The minimum atomic E-state index is -4.50. The summed E-state index contributed by atoms with van der Waals surface area (Å²) in [5, 5.41) is 2.50. The molecule has 2 heterocycles. The van der Waals surface area contributed by atoms with E-state index >= 15 is 0 Å². The molecule has 16 heavy (non-hydrogen) atoms. The van der Waals surface area contributed by atoms with Crippen molar-refractivity contribution in [1.29, 1.82) is 0 Å². The monoisotopic (exact) mass is 274 g/mol. The highest BCUT2D eigenvalue weighted by Crippen LogP contribution is 2.38. The summed E-state index contributed by atoms with van der Waals surface area (Å²) in [4.78, 5) is 3.23. The van der Waals surface area contributed by atoms with Crippen LogP contribution in [0.2, 0.25) is 5.15 Å². The van der Waals surface area contributed by atoms with Crippen molar-refractivity contribution in [3.8, 4) is 5.75 Å². The summed E-state index contributed by atoms with van der Waals surface area (Å²) >= 11 is 5.58. The Labute approximate surface area is 100 Å². The highest BCUT2D eigenvalue weighted by Gasteiger charge is 2.34. The van der Waals surface area contributed by atoms with Gasteiger partial charge in [-0.15, -0.1) is 12.4 Å². The van der Waals surface area contributed by atoms with Gasteiger partial charge < -0.3 is 10.1 Å². The largest absolute Gasteiger partial charge is 0.486 e. The number of hydrogen-bond donors (Lipinski definition) is 1. The highest BCUT2D eigenvalue weighted by atomic mass is 35.5. The van der Waals surface area contributed by atoms with Gasteiger partial charge in [0.25, 0.3) is 0 Å². The first-order valence-corrected chi connectivity index (χ1v) is 4.50. The van der Waals surface area contributed by atoms with Crippen molar-refractivity contribution in [2.45, 2.75) is 6.18 Å². The molecule has 0 saturated carbocycles. The van der Waals surface area contributed by atoms with Gasteiger partial charge in [0, 0.05) is 6.54 Å². The number of nitrogens with zero attached hydrogens (tertiary/aromatic N) is 1. The molecule has 3 nitrogen and oxygen atoms in total. The SMILES string of the molecule is Cl.FC(F)(F)c1cc2c(c(Cl)n1)OCCN2. The van der Waals surface area contributed by atoms with Gasteiger partial charge in [0.2, 0.25) is 0 Å². The van der Waals surface area contributed by atoms with E-state index in [2.05, 4.69) is 10.3 Å². The molecule has 90 valence electrons. The minimum Gasteiger partial charge on any atom is -0.486 e. The van der Waals surface area contributed by atoms with Gasteiger partial charge >= 0.3 is 6.18 Å². The molecule has 0 bridgehead atoms. The molecular formula is C8H7Cl2F3N2O. The Balaban J connectivity index is 0.00000128. The van der Waals surface area contributed by atoms with Crippen LogP contribution in [0.4, 0.5) is 18.9 Å². The Morgan fingerprint density at radius 3 is 2.75 bits per heavy atom. The van der Waals surface area contributed by atoms with Crippen LogP contribution in [0.3, 0.4) is 0 Å². The number of hydrogen-bond acceptors (Lipinski definition) is 3. The molecule has 0 fully saturated rings. The van der Waals surface area contributed by atoms with Crippen molar-refractivity contribution < 1.29 is 17.9 Å². The number of pyridine rings is 1. The molecule has 1 aromatic rings. The summed E-state index contributed by atoms with van der Waals surface area (Å²) < 4.78 is 42.1. The van der Waals surface area contributed by atoms with Crippen molar-refractivity contribution in [2.24, 2.45) is 0 Å². The fraction of sp³-hybridized carbons (Fsp3) is 0.375. The number of aromatic nitrogens is 1. The average Bonchev–Trinajstić information content (AvgIpc) is 2.16. The van der Waals surface area contributed by atoms with E-state index in [-0.39, 0.29) is 29.0 Å². The summed E-state index contributed by atoms with van der Waals surface area (Å²) in [7, 11) is 0. The maximum Gasteiger partial charge on any atom is 0.433 e. The number of anilines is 1. The van der Waals surface area contributed by atoms with Gasteiger partial charge in [-0.1, -0.05) is 11.6 Å². The third kappa shape index (κ3) is 2.44. The van der Waals surface area contributed by atoms with Gasteiger partial charge in [-0.2, -0.15) is 13.2 Å². The molecule has 0 spiro atoms. The van der Waals surface area contributed by atoms with Crippen LogP contribution in [0.1, 0.15) is 5.69 Å². The van der Waals surface area contributed by atoms with Crippen LogP contribution in [0, 0.1) is 0 Å². The van der Waals surface area contributed by atoms with Gasteiger partial charge in [0.15, 0.2) is 10.9 Å². The molecule has 0 aliphatic carbocycles. The van der Waals surface area contributed by atoms with E-state index in [0.29, 0.717) is 13.2 Å². The summed E-state index contributed by atoms with van der Waals surface area (Å²) in [5.41, 5.74) is -0.794. The Hall–Kier alpha value is -0.880. The van der Waals surface area contributed by atoms with Crippen molar-refractivity contribution in [2.75, 3.05) is 18.5 Å². The molecule has 0 aromatic carbocycles. The molecule has 2 rings (SSSR count). The first kappa shape index (κ1) is 13.2. The lowest BCUT2D eigenvalue weighted by atomic mass is 10.2. The zero-order valence-corrected chi connectivity index (χ0v) is 9.34. The molecule has 0 amide bonds. The lowest BCUT2D eigenvalue weighted by molar-refractivity contribution is -0.141. The third-order valence-electron chi connectivity index (χ3n) is 1.89. The number of alkyl halides is 3. The summed E-state index contributed by atoms with van der Waals surface area (Å²) in [6, 6.07) is 0.889. The molecule has 0 unspecified atom stereocenters. The van der Waals surface area contributed by atoms with Gasteiger partial charge in [-0.25, -0.2) is 4.98 Å². The average molecular weight is 275 g/mol. The molecule has 1 N–H and O–H groups in total. The molecule has 1 aliphatic rings. The molecule has 1 aliphatic heterocycles. The number of halogens is 5. The second-order valence-electron chi connectivity index (χ2n) is 2.95. The summed E-state index contributed by atoms with van der Waals surface area (Å²) in [5.74, 6) is 0.177. The Bertz CT molecular complexity index is 398. The molecule has 0 radical (unpaired) electrons. The maximum absolute atomic E-state index is 12.3. The molecule has 1 aromatic heterocycles. The Morgan fingerprint density at radius 2 is 2.12 bits per heavy atom. The summed E-state index contributed by atoms with van der Waals surface area (Å²) in [6.07, 6.45) is -4.50. The van der Waals surface area contributed by atoms with E-state index in [9.17, 15) is 13.2 Å². The van der Waals surface area contributed by atoms with Gasteiger partial charge in [-0.3, -0.25) is 0 Å². The van der Waals surface area contributed by atoms with Crippen LogP contribution < -0.4 is 10.1 Å². The lowest BCUT2D eigenvalue weighted by Crippen LogP contribution is -2.20. The predicted molar refractivity (Wildman–Crippen MR) is 55.5 cm³/mol. The van der Waals surface area contributed by atoms with E-state index in [0.717, 1.165) is 6.07 Å². The Kier molecular flexibility index (Phi) is 3.75. The summed E-state index contributed by atoms with van der Waals surface area (Å²) in [6.45, 7) is 0.810. The van der Waals surface area contributed by atoms with E-state index in [1.165, 1.54) is 0 Å². The van der Waals surface area contributed by atoms with Crippen LogP contribution in [-0.2, 0) is 6.18 Å². The normalized spacial score (nSPS) is 14.2. The topological polar surface area (TPSA) is 34.1 Å². The standard InChI is InChI=1S/C8H6ClF3N2O.ClH/c9-7-6-4(13-1-2-15-6)3-5(14-7)8(10,11)12;/h3,13H,1-2H2;1H. The van der Waals surface area contributed by atoms with Crippen molar-refractivity contribution in [3.63, 3.8) is 0 Å². The predicted octanol–water partition coefficient (Wildman–Crippen LogP) is 2.98. The smallest absolute Gasteiger partial charge is 0.433 e. The van der Waals surface area contributed by atoms with E-state index < -0.39 is 11.9 Å². The number of nitrogens with one attached hydrogen (secondary N) is 1. The molecule has 0 atom stereocenters. The van der Waals surface area contributed by atoms with Gasteiger partial charge in [0.05, 0.1) is 5.69 Å². The second kappa shape index (κ2) is 4.55. The number of rotatable bonds is 0. The van der Waals surface area contributed by atoms with E-state index in [1.54, 1.807) is 0 Å². The molecular weight excluding hydrogens is 268 g/mol. The molecule has 0 saturated heterocycles. The lowest BCUT2D eigenvalue weighted by Gasteiger charge is -2.20. The maximum atomic E-state index is 12.3. The molecule has 8 heteroatoms. The fourth-order valence-electron chi connectivity index (χ4n) is 1.25. The van der Waals surface area contributed by atoms with Gasteiger partial charge in [0.1, 0.15) is 12.3 Å². The van der Waals surface area contributed by atoms with Crippen LogP contribution in [0.15, 0.2) is 6.07 Å². The van der Waals surface area contributed by atoms with Crippen molar-refractivity contribution in [1.82, 2.24) is 4.98 Å².